The van der Waals surface area contributed by atoms with Gasteiger partial charge in [-0.05, 0) is 31.7 Å². The van der Waals surface area contributed by atoms with E-state index in [0.29, 0.717) is 18.9 Å². The topological polar surface area (TPSA) is 68.0 Å². The summed E-state index contributed by atoms with van der Waals surface area (Å²) in [5.74, 6) is 0.526. The van der Waals surface area contributed by atoms with Crippen LogP contribution in [0.4, 0.5) is 0 Å². The van der Waals surface area contributed by atoms with E-state index in [2.05, 4.69) is 17.2 Å². The van der Waals surface area contributed by atoms with Crippen molar-refractivity contribution < 1.29 is 4.79 Å². The van der Waals surface area contributed by atoms with Crippen molar-refractivity contribution in [2.45, 2.75) is 51.5 Å². The van der Waals surface area contributed by atoms with Crippen molar-refractivity contribution in [2.24, 2.45) is 11.7 Å². The second kappa shape index (κ2) is 7.01. The summed E-state index contributed by atoms with van der Waals surface area (Å²) in [5.41, 5.74) is 6.67. The molecule has 2 atom stereocenters. The fourth-order valence-corrected chi connectivity index (χ4v) is 3.44. The maximum Gasteiger partial charge on any atom is 0.226 e. The Balaban J connectivity index is 1.86. The average molecular weight is 281 g/mol. The number of thiazole rings is 1. The smallest absolute Gasteiger partial charge is 0.226 e. The Bertz CT molecular complexity index is 419. The molecule has 0 bridgehead atoms. The molecule has 1 aromatic rings. The van der Waals surface area contributed by atoms with Crippen molar-refractivity contribution in [3.8, 4) is 0 Å². The number of nitrogens with two attached hydrogens (primary N) is 1. The molecule has 1 aliphatic carbocycles. The lowest BCUT2D eigenvalue weighted by Gasteiger charge is -2.31. The number of rotatable bonds is 5. The molecule has 1 saturated carbocycles. The SMILES string of the molecule is CCc1nc(CC(=O)NC2CCCCC2CN)cs1. The highest BCUT2D eigenvalue weighted by molar-refractivity contribution is 7.09. The molecule has 2 unspecified atom stereocenters. The van der Waals surface area contributed by atoms with Gasteiger partial charge in [0, 0.05) is 11.4 Å². The summed E-state index contributed by atoms with van der Waals surface area (Å²) in [6.07, 6.45) is 5.95. The van der Waals surface area contributed by atoms with E-state index in [0.717, 1.165) is 30.0 Å². The van der Waals surface area contributed by atoms with E-state index in [1.54, 1.807) is 11.3 Å². The first-order chi connectivity index (χ1) is 9.22. The number of amides is 1. The predicted molar refractivity (Wildman–Crippen MR) is 78.1 cm³/mol. The Morgan fingerprint density at radius 3 is 3.00 bits per heavy atom. The minimum Gasteiger partial charge on any atom is -0.353 e. The minimum absolute atomic E-state index is 0.0818. The molecule has 1 aromatic heterocycles. The monoisotopic (exact) mass is 281 g/mol. The Labute approximate surface area is 118 Å². The summed E-state index contributed by atoms with van der Waals surface area (Å²) >= 11 is 1.63. The van der Waals surface area contributed by atoms with Gasteiger partial charge in [-0.1, -0.05) is 19.8 Å². The highest BCUT2D eigenvalue weighted by Crippen LogP contribution is 2.23. The second-order valence-corrected chi connectivity index (χ2v) is 6.16. The number of hydrogen-bond acceptors (Lipinski definition) is 4. The van der Waals surface area contributed by atoms with E-state index in [4.69, 9.17) is 5.73 Å². The fourth-order valence-electron chi connectivity index (χ4n) is 2.69. The van der Waals surface area contributed by atoms with Gasteiger partial charge in [-0.3, -0.25) is 4.79 Å². The summed E-state index contributed by atoms with van der Waals surface area (Å²) in [6.45, 7) is 2.75. The molecule has 1 heterocycles. The quantitative estimate of drug-likeness (QED) is 0.866. The molecule has 1 amide bonds. The third-order valence-corrected chi connectivity index (χ3v) is 4.84. The van der Waals surface area contributed by atoms with Crippen LogP contribution < -0.4 is 11.1 Å². The lowest BCUT2D eigenvalue weighted by molar-refractivity contribution is -0.121. The Kier molecular flexibility index (Phi) is 5.34. The van der Waals surface area contributed by atoms with Gasteiger partial charge in [0.05, 0.1) is 17.1 Å². The molecule has 19 heavy (non-hydrogen) atoms. The van der Waals surface area contributed by atoms with Crippen LogP contribution in [0.2, 0.25) is 0 Å². The molecule has 2 rings (SSSR count). The van der Waals surface area contributed by atoms with Crippen molar-refractivity contribution in [2.75, 3.05) is 6.54 Å². The first kappa shape index (κ1) is 14.5. The molecule has 0 aromatic carbocycles. The van der Waals surface area contributed by atoms with Crippen LogP contribution >= 0.6 is 11.3 Å². The highest BCUT2D eigenvalue weighted by atomic mass is 32.1. The Morgan fingerprint density at radius 1 is 1.53 bits per heavy atom. The maximum absolute atomic E-state index is 12.1. The first-order valence-electron chi connectivity index (χ1n) is 7.15. The number of hydrogen-bond donors (Lipinski definition) is 2. The van der Waals surface area contributed by atoms with Crippen molar-refractivity contribution in [3.63, 3.8) is 0 Å². The molecule has 5 heteroatoms. The highest BCUT2D eigenvalue weighted by Gasteiger charge is 2.25. The standard InChI is InChI=1S/C14H23N3OS/c1-2-14-16-11(9-19-14)7-13(18)17-12-6-4-3-5-10(12)8-15/h9-10,12H,2-8,15H2,1H3,(H,17,18). The van der Waals surface area contributed by atoms with E-state index in [-0.39, 0.29) is 11.9 Å². The van der Waals surface area contributed by atoms with Crippen LogP contribution in [-0.4, -0.2) is 23.5 Å². The normalized spacial score (nSPS) is 23.3. The van der Waals surface area contributed by atoms with Gasteiger partial charge in [0.25, 0.3) is 0 Å². The third-order valence-electron chi connectivity index (χ3n) is 3.80. The van der Waals surface area contributed by atoms with Gasteiger partial charge in [-0.15, -0.1) is 11.3 Å². The Hall–Kier alpha value is -0.940. The summed E-state index contributed by atoms with van der Waals surface area (Å²) in [7, 11) is 0. The van der Waals surface area contributed by atoms with Gasteiger partial charge in [0.1, 0.15) is 0 Å². The van der Waals surface area contributed by atoms with Crippen molar-refractivity contribution in [3.05, 3.63) is 16.1 Å². The number of carbonyl (C=O) groups is 1. The number of aryl methyl sites for hydroxylation is 1. The molecule has 0 radical (unpaired) electrons. The van der Waals surface area contributed by atoms with E-state index in [1.807, 2.05) is 5.38 Å². The average Bonchev–Trinajstić information content (AvgIpc) is 2.87. The van der Waals surface area contributed by atoms with Crippen LogP contribution in [0, 0.1) is 5.92 Å². The number of carbonyl (C=O) groups excluding carboxylic acids is 1. The van der Waals surface area contributed by atoms with E-state index in [1.165, 1.54) is 12.8 Å². The van der Waals surface area contributed by atoms with Crippen LogP contribution in [0.5, 0.6) is 0 Å². The predicted octanol–water partition coefficient (Wildman–Crippen LogP) is 1.88. The molecular formula is C14H23N3OS. The summed E-state index contributed by atoms with van der Waals surface area (Å²) < 4.78 is 0. The van der Waals surface area contributed by atoms with Crippen LogP contribution in [0.25, 0.3) is 0 Å². The maximum atomic E-state index is 12.1. The van der Waals surface area contributed by atoms with Gasteiger partial charge >= 0.3 is 0 Å². The molecule has 0 saturated heterocycles. The van der Waals surface area contributed by atoms with Gasteiger partial charge < -0.3 is 11.1 Å². The van der Waals surface area contributed by atoms with Crippen LogP contribution in [0.1, 0.15) is 43.3 Å². The van der Waals surface area contributed by atoms with Crippen LogP contribution in [0.3, 0.4) is 0 Å². The van der Waals surface area contributed by atoms with Crippen molar-refractivity contribution in [1.82, 2.24) is 10.3 Å². The summed E-state index contributed by atoms with van der Waals surface area (Å²) in [5, 5.41) is 6.22. The van der Waals surface area contributed by atoms with E-state index >= 15 is 0 Å². The van der Waals surface area contributed by atoms with Crippen LogP contribution in [-0.2, 0) is 17.6 Å². The first-order valence-corrected chi connectivity index (χ1v) is 8.03. The molecular weight excluding hydrogens is 258 g/mol. The van der Waals surface area contributed by atoms with Gasteiger partial charge in [0.2, 0.25) is 5.91 Å². The van der Waals surface area contributed by atoms with Crippen molar-refractivity contribution >= 4 is 17.2 Å². The lowest BCUT2D eigenvalue weighted by atomic mass is 9.84. The number of aromatic nitrogens is 1. The summed E-state index contributed by atoms with van der Waals surface area (Å²) in [6, 6.07) is 0.260. The molecule has 0 spiro atoms. The molecule has 1 aliphatic rings. The van der Waals surface area contributed by atoms with E-state index in [9.17, 15) is 4.79 Å². The lowest BCUT2D eigenvalue weighted by Crippen LogP contribution is -2.45. The molecule has 1 fully saturated rings. The fraction of sp³-hybridized carbons (Fsp3) is 0.714. The zero-order valence-corrected chi connectivity index (χ0v) is 12.3. The van der Waals surface area contributed by atoms with E-state index < -0.39 is 0 Å². The third kappa shape index (κ3) is 4.01. The zero-order chi connectivity index (χ0) is 13.7. The second-order valence-electron chi connectivity index (χ2n) is 5.22. The number of nitrogens with one attached hydrogen (secondary N) is 1. The number of nitrogens with zero attached hydrogens (tertiary/aromatic N) is 1. The summed E-state index contributed by atoms with van der Waals surface area (Å²) in [4.78, 5) is 16.5. The molecule has 4 nitrogen and oxygen atoms in total. The zero-order valence-electron chi connectivity index (χ0n) is 11.5. The molecule has 0 aliphatic heterocycles. The molecule has 3 N–H and O–H groups in total. The van der Waals surface area contributed by atoms with Crippen LogP contribution in [0.15, 0.2) is 5.38 Å². The van der Waals surface area contributed by atoms with Gasteiger partial charge in [0.15, 0.2) is 0 Å². The van der Waals surface area contributed by atoms with Gasteiger partial charge in [-0.2, -0.15) is 0 Å². The van der Waals surface area contributed by atoms with Gasteiger partial charge in [-0.25, -0.2) is 4.98 Å². The minimum atomic E-state index is 0.0818. The largest absolute Gasteiger partial charge is 0.353 e. The Morgan fingerprint density at radius 2 is 2.32 bits per heavy atom. The molecule has 106 valence electrons. The van der Waals surface area contributed by atoms with Crippen molar-refractivity contribution in [1.29, 1.82) is 0 Å².